The number of benzene rings is 8. The number of hydrogen-bond acceptors (Lipinski definition) is 1. The fourth-order valence-electron chi connectivity index (χ4n) is 8.83. The van der Waals surface area contributed by atoms with Gasteiger partial charge in [-0.05, 0) is 66.7 Å². The van der Waals surface area contributed by atoms with Crippen LogP contribution in [0.15, 0.2) is 176 Å². The average molecular weight is 700 g/mol. The largest absolute Gasteiger partial charge is 0.310 e. The first-order chi connectivity index (χ1) is 27.2. The fourth-order valence-corrected chi connectivity index (χ4v) is 8.83. The van der Waals surface area contributed by atoms with Crippen LogP contribution in [0.25, 0.3) is 98.5 Å². The molecule has 0 atom stereocenters. The van der Waals surface area contributed by atoms with Crippen molar-refractivity contribution in [1.82, 2.24) is 13.7 Å². The molecular weight excluding hydrogens is 671 g/mol. The molecular formula is C50H29N5. The standard InChI is InChI=1S/C50H29N5/c1-52-33-26-27-38-36-15-4-9-20-43(36)55(49(38)30-33)46-28-25-32(31-51)29-40(46)37-16-5-10-21-44(37)54-45-22-11-6-17-39(45)50-47(23-12-24-48(50)54)53-41-18-7-2-13-34(41)35-14-3-8-19-42(35)53/h2-30H. The molecule has 3 aromatic heterocycles. The molecule has 0 amide bonds. The topological polar surface area (TPSA) is 42.9 Å². The van der Waals surface area contributed by atoms with E-state index in [1.54, 1.807) is 0 Å². The van der Waals surface area contributed by atoms with Gasteiger partial charge in [0, 0.05) is 49.0 Å². The Labute approximate surface area is 316 Å². The van der Waals surface area contributed by atoms with Gasteiger partial charge in [-0.2, -0.15) is 5.26 Å². The molecule has 0 spiro atoms. The molecule has 0 saturated carbocycles. The molecule has 55 heavy (non-hydrogen) atoms. The molecule has 0 aliphatic heterocycles. The molecule has 0 fully saturated rings. The van der Waals surface area contributed by atoms with Crippen LogP contribution in [0.1, 0.15) is 5.56 Å². The predicted octanol–water partition coefficient (Wildman–Crippen LogP) is 13.1. The Morgan fingerprint density at radius 2 is 0.891 bits per heavy atom. The van der Waals surface area contributed by atoms with Crippen LogP contribution in [0.2, 0.25) is 0 Å². The van der Waals surface area contributed by atoms with Crippen LogP contribution in [-0.2, 0) is 0 Å². The second-order valence-electron chi connectivity index (χ2n) is 13.9. The molecule has 0 radical (unpaired) electrons. The van der Waals surface area contributed by atoms with Crippen LogP contribution >= 0.6 is 0 Å². The monoisotopic (exact) mass is 699 g/mol. The van der Waals surface area contributed by atoms with Crippen molar-refractivity contribution in [3.8, 4) is 34.3 Å². The Balaban J connectivity index is 1.23. The van der Waals surface area contributed by atoms with Crippen LogP contribution in [-0.4, -0.2) is 13.7 Å². The first-order valence-electron chi connectivity index (χ1n) is 18.3. The lowest BCUT2D eigenvalue weighted by Crippen LogP contribution is -2.02. The number of rotatable bonds is 4. The molecule has 0 bridgehead atoms. The zero-order valence-electron chi connectivity index (χ0n) is 29.5. The summed E-state index contributed by atoms with van der Waals surface area (Å²) in [6, 6.07) is 63.7. The first kappa shape index (κ1) is 30.7. The van der Waals surface area contributed by atoms with Gasteiger partial charge in [0.2, 0.25) is 0 Å². The van der Waals surface area contributed by atoms with Gasteiger partial charge in [-0.1, -0.05) is 109 Å². The minimum Gasteiger partial charge on any atom is -0.310 e. The molecule has 0 aliphatic rings. The Morgan fingerprint density at radius 3 is 1.55 bits per heavy atom. The molecule has 0 unspecified atom stereocenters. The van der Waals surface area contributed by atoms with Gasteiger partial charge in [0.15, 0.2) is 5.69 Å². The zero-order valence-corrected chi connectivity index (χ0v) is 29.5. The van der Waals surface area contributed by atoms with Crippen molar-refractivity contribution in [2.75, 3.05) is 0 Å². The molecule has 0 N–H and O–H groups in total. The molecule has 3 heterocycles. The summed E-state index contributed by atoms with van der Waals surface area (Å²) in [7, 11) is 0. The van der Waals surface area contributed by atoms with E-state index in [0.717, 1.165) is 66.4 Å². The lowest BCUT2D eigenvalue weighted by molar-refractivity contribution is 1.16. The van der Waals surface area contributed by atoms with Crippen molar-refractivity contribution < 1.29 is 0 Å². The van der Waals surface area contributed by atoms with Crippen LogP contribution in [0.5, 0.6) is 0 Å². The molecule has 5 nitrogen and oxygen atoms in total. The third-order valence-corrected chi connectivity index (χ3v) is 11.1. The van der Waals surface area contributed by atoms with E-state index < -0.39 is 0 Å². The molecule has 0 aliphatic carbocycles. The number of para-hydroxylation sites is 5. The summed E-state index contributed by atoms with van der Waals surface area (Å²) < 4.78 is 7.03. The lowest BCUT2D eigenvalue weighted by atomic mass is 9.98. The van der Waals surface area contributed by atoms with Crippen molar-refractivity contribution >= 4 is 71.1 Å². The summed E-state index contributed by atoms with van der Waals surface area (Å²) in [5.41, 5.74) is 12.6. The third kappa shape index (κ3) is 4.39. The summed E-state index contributed by atoms with van der Waals surface area (Å²) in [5, 5.41) is 17.2. The number of nitriles is 1. The highest BCUT2D eigenvalue weighted by atomic mass is 15.0. The highest BCUT2D eigenvalue weighted by molar-refractivity contribution is 6.17. The average Bonchev–Trinajstić information content (AvgIpc) is 3.89. The second kappa shape index (κ2) is 11.8. The molecule has 5 heteroatoms. The molecule has 11 rings (SSSR count). The Morgan fingerprint density at radius 1 is 0.400 bits per heavy atom. The fraction of sp³-hybridized carbons (Fsp3) is 0. The van der Waals surface area contributed by atoms with Gasteiger partial charge >= 0.3 is 0 Å². The zero-order chi connectivity index (χ0) is 36.6. The van der Waals surface area contributed by atoms with Crippen LogP contribution in [0.4, 0.5) is 5.69 Å². The van der Waals surface area contributed by atoms with Gasteiger partial charge in [0.1, 0.15) is 0 Å². The van der Waals surface area contributed by atoms with Crippen LogP contribution < -0.4 is 0 Å². The van der Waals surface area contributed by atoms with E-state index in [4.69, 9.17) is 6.57 Å². The van der Waals surface area contributed by atoms with Crippen LogP contribution in [0.3, 0.4) is 0 Å². The van der Waals surface area contributed by atoms with E-state index in [9.17, 15) is 5.26 Å². The number of nitrogens with zero attached hydrogens (tertiary/aromatic N) is 5. The van der Waals surface area contributed by atoms with Gasteiger partial charge < -0.3 is 13.7 Å². The van der Waals surface area contributed by atoms with E-state index in [2.05, 4.69) is 164 Å². The summed E-state index contributed by atoms with van der Waals surface area (Å²) in [5.74, 6) is 0. The minimum absolute atomic E-state index is 0.576. The van der Waals surface area contributed by atoms with Crippen molar-refractivity contribution in [2.45, 2.75) is 0 Å². The molecule has 11 aromatic rings. The van der Waals surface area contributed by atoms with Crippen molar-refractivity contribution in [3.05, 3.63) is 193 Å². The summed E-state index contributed by atoms with van der Waals surface area (Å²) in [4.78, 5) is 3.79. The van der Waals surface area contributed by atoms with Gasteiger partial charge in [-0.25, -0.2) is 4.85 Å². The molecule has 0 saturated heterocycles. The van der Waals surface area contributed by atoms with Crippen LogP contribution in [0, 0.1) is 17.9 Å². The van der Waals surface area contributed by atoms with E-state index in [0.29, 0.717) is 11.3 Å². The van der Waals surface area contributed by atoms with Gasteiger partial charge in [-0.3, -0.25) is 0 Å². The predicted molar refractivity (Wildman–Crippen MR) is 226 cm³/mol. The Bertz CT molecular complexity index is 3420. The van der Waals surface area contributed by atoms with Gasteiger partial charge in [0.05, 0.1) is 62.9 Å². The lowest BCUT2D eigenvalue weighted by Gasteiger charge is -2.19. The highest BCUT2D eigenvalue weighted by Gasteiger charge is 2.23. The maximum absolute atomic E-state index is 10.3. The summed E-state index contributed by atoms with van der Waals surface area (Å²) >= 11 is 0. The van der Waals surface area contributed by atoms with Crippen molar-refractivity contribution in [3.63, 3.8) is 0 Å². The quantitative estimate of drug-likeness (QED) is 0.169. The smallest absolute Gasteiger partial charge is 0.189 e. The SMILES string of the molecule is [C-]#[N+]c1ccc2c3ccccc3n(-c3ccc(C#N)cc3-c3ccccc3-n3c4ccccc4c4c(-n5c6ccccc6c6ccccc65)cccc43)c2c1. The van der Waals surface area contributed by atoms with Crippen molar-refractivity contribution in [1.29, 1.82) is 5.26 Å². The van der Waals surface area contributed by atoms with E-state index in [1.807, 2.05) is 36.4 Å². The summed E-state index contributed by atoms with van der Waals surface area (Å²) in [6.07, 6.45) is 0. The normalized spacial score (nSPS) is 11.6. The Kier molecular flexibility index (Phi) is 6.61. The number of fused-ring (bicyclic) bond motifs is 9. The second-order valence-corrected chi connectivity index (χ2v) is 13.9. The summed E-state index contributed by atoms with van der Waals surface area (Å²) in [6.45, 7) is 7.81. The highest BCUT2D eigenvalue weighted by Crippen LogP contribution is 2.43. The first-order valence-corrected chi connectivity index (χ1v) is 18.3. The van der Waals surface area contributed by atoms with E-state index in [1.165, 1.54) is 27.2 Å². The maximum atomic E-state index is 10.3. The minimum atomic E-state index is 0.576. The van der Waals surface area contributed by atoms with E-state index >= 15 is 0 Å². The number of aromatic nitrogens is 3. The van der Waals surface area contributed by atoms with Gasteiger partial charge in [-0.15, -0.1) is 0 Å². The third-order valence-electron chi connectivity index (χ3n) is 11.1. The molecule has 8 aromatic carbocycles. The van der Waals surface area contributed by atoms with Gasteiger partial charge in [0.25, 0.3) is 0 Å². The van der Waals surface area contributed by atoms with Crippen molar-refractivity contribution in [2.24, 2.45) is 0 Å². The number of hydrogen-bond donors (Lipinski definition) is 0. The molecule has 254 valence electrons. The maximum Gasteiger partial charge on any atom is 0.189 e. The van der Waals surface area contributed by atoms with E-state index in [-0.39, 0.29) is 0 Å². The Hall–Kier alpha value is -7.86.